The molecule has 0 saturated carbocycles. The van der Waals surface area contributed by atoms with Gasteiger partial charge in [-0.25, -0.2) is 0 Å². The van der Waals surface area contributed by atoms with Crippen LogP contribution in [-0.2, 0) is 14.3 Å². The molecular formula is C13H14ClNO4. The van der Waals surface area contributed by atoms with Crippen molar-refractivity contribution in [3.8, 4) is 0 Å². The van der Waals surface area contributed by atoms with Crippen LogP contribution in [0.25, 0.3) is 0 Å². The van der Waals surface area contributed by atoms with Crippen LogP contribution in [-0.4, -0.2) is 31.3 Å². The van der Waals surface area contributed by atoms with Crippen molar-refractivity contribution < 1.29 is 19.1 Å². The first-order valence-corrected chi connectivity index (χ1v) is 6.03. The molecule has 102 valence electrons. The molecule has 19 heavy (non-hydrogen) atoms. The van der Waals surface area contributed by atoms with Crippen LogP contribution in [0.4, 0.5) is 0 Å². The number of esters is 1. The Labute approximate surface area is 115 Å². The topological polar surface area (TPSA) is 72.5 Å². The number of carbonyl (C=O) groups excluding carboxylic acids is 3. The summed E-state index contributed by atoms with van der Waals surface area (Å²) in [6.07, 6.45) is 0.0484. The van der Waals surface area contributed by atoms with Crippen LogP contribution in [0.2, 0.25) is 5.02 Å². The number of hydrogen-bond donors (Lipinski definition) is 1. The van der Waals surface area contributed by atoms with Crippen LogP contribution in [0, 0.1) is 0 Å². The lowest BCUT2D eigenvalue weighted by Gasteiger charge is -2.05. The Bertz CT molecular complexity index is 487. The predicted octanol–water partition coefficient (Wildman–Crippen LogP) is 1.59. The monoisotopic (exact) mass is 283 g/mol. The maximum absolute atomic E-state index is 11.7. The van der Waals surface area contributed by atoms with E-state index in [9.17, 15) is 14.4 Å². The third kappa shape index (κ3) is 5.09. The molecule has 0 fully saturated rings. The molecule has 0 aliphatic carbocycles. The second-order valence-corrected chi connectivity index (χ2v) is 4.18. The maximum Gasteiger partial charge on any atom is 0.305 e. The first-order chi connectivity index (χ1) is 9.04. The average molecular weight is 284 g/mol. The zero-order valence-corrected chi connectivity index (χ0v) is 11.2. The number of rotatable bonds is 6. The van der Waals surface area contributed by atoms with Gasteiger partial charge in [0.15, 0.2) is 5.78 Å². The molecule has 1 aromatic rings. The van der Waals surface area contributed by atoms with E-state index >= 15 is 0 Å². The lowest BCUT2D eigenvalue weighted by Crippen LogP contribution is -2.29. The van der Waals surface area contributed by atoms with Gasteiger partial charge >= 0.3 is 5.97 Å². The second-order valence-electron chi connectivity index (χ2n) is 3.78. The summed E-state index contributed by atoms with van der Waals surface area (Å²) in [6, 6.07) is 6.55. The summed E-state index contributed by atoms with van der Waals surface area (Å²) in [5, 5.41) is 2.78. The Morgan fingerprint density at radius 2 is 1.89 bits per heavy atom. The molecule has 0 unspecified atom stereocenters. The van der Waals surface area contributed by atoms with Crippen molar-refractivity contribution in [3.05, 3.63) is 34.9 Å². The van der Waals surface area contributed by atoms with Gasteiger partial charge in [0.2, 0.25) is 0 Å². The van der Waals surface area contributed by atoms with Crippen LogP contribution in [0.3, 0.4) is 0 Å². The van der Waals surface area contributed by atoms with Gasteiger partial charge in [-0.2, -0.15) is 0 Å². The number of hydrogen-bond acceptors (Lipinski definition) is 4. The molecule has 0 saturated heterocycles. The fourth-order valence-electron chi connectivity index (χ4n) is 1.35. The summed E-state index contributed by atoms with van der Waals surface area (Å²) in [6.45, 7) is -0.138. The van der Waals surface area contributed by atoms with Crippen molar-refractivity contribution in [1.29, 1.82) is 0 Å². The fraction of sp³-hybridized carbons (Fsp3) is 0.308. The van der Waals surface area contributed by atoms with Gasteiger partial charge in [0.05, 0.1) is 30.7 Å². The van der Waals surface area contributed by atoms with Gasteiger partial charge in [-0.3, -0.25) is 14.4 Å². The van der Waals surface area contributed by atoms with E-state index in [1.165, 1.54) is 7.11 Å². The zero-order valence-electron chi connectivity index (χ0n) is 10.4. The van der Waals surface area contributed by atoms with Gasteiger partial charge in [-0.15, -0.1) is 0 Å². The van der Waals surface area contributed by atoms with Crippen molar-refractivity contribution >= 4 is 29.3 Å². The van der Waals surface area contributed by atoms with E-state index in [-0.39, 0.29) is 25.2 Å². The Balaban J connectivity index is 2.40. The number of halogens is 1. The Morgan fingerprint density at radius 1 is 1.21 bits per heavy atom. The van der Waals surface area contributed by atoms with E-state index in [1.807, 2.05) is 0 Å². The lowest BCUT2D eigenvalue weighted by molar-refractivity contribution is -0.141. The van der Waals surface area contributed by atoms with E-state index in [4.69, 9.17) is 11.6 Å². The van der Waals surface area contributed by atoms with Crippen molar-refractivity contribution in [2.75, 3.05) is 13.7 Å². The summed E-state index contributed by atoms with van der Waals surface area (Å²) >= 11 is 5.85. The Morgan fingerprint density at radius 3 is 2.53 bits per heavy atom. The molecule has 0 heterocycles. The number of ether oxygens (including phenoxy) is 1. The molecule has 0 aliphatic heterocycles. The molecule has 0 atom stereocenters. The minimum absolute atomic E-state index is 0.0112. The highest BCUT2D eigenvalue weighted by Crippen LogP contribution is 2.14. The summed E-state index contributed by atoms with van der Waals surface area (Å²) in [7, 11) is 1.26. The number of benzene rings is 1. The summed E-state index contributed by atoms with van der Waals surface area (Å²) in [5.41, 5.74) is 0.310. The minimum atomic E-state index is -0.453. The molecule has 1 N–H and O–H groups in total. The number of amides is 1. The van der Waals surface area contributed by atoms with E-state index in [1.54, 1.807) is 24.3 Å². The largest absolute Gasteiger partial charge is 0.469 e. The third-order valence-electron chi connectivity index (χ3n) is 2.40. The molecule has 1 amide bonds. The van der Waals surface area contributed by atoms with Crippen molar-refractivity contribution in [3.63, 3.8) is 0 Å². The molecule has 0 aliphatic rings. The quantitative estimate of drug-likeness (QED) is 0.805. The van der Waals surface area contributed by atoms with Gasteiger partial charge in [0.1, 0.15) is 0 Å². The first kappa shape index (κ1) is 15.2. The van der Waals surface area contributed by atoms with Gasteiger partial charge in [0, 0.05) is 6.42 Å². The molecule has 0 bridgehead atoms. The predicted molar refractivity (Wildman–Crippen MR) is 70.0 cm³/mol. The van der Waals surface area contributed by atoms with Gasteiger partial charge in [0.25, 0.3) is 5.91 Å². The van der Waals surface area contributed by atoms with Crippen LogP contribution >= 0.6 is 11.6 Å². The third-order valence-corrected chi connectivity index (χ3v) is 2.73. The molecule has 6 heteroatoms. The SMILES string of the molecule is COC(=O)CCC(=O)CNC(=O)c1ccccc1Cl. The average Bonchev–Trinajstić information content (AvgIpc) is 2.42. The number of Topliss-reactive ketones (excluding diaryl/α,β-unsaturated/α-hetero) is 1. The zero-order chi connectivity index (χ0) is 14.3. The molecule has 0 aromatic heterocycles. The van der Waals surface area contributed by atoms with Crippen LogP contribution in [0.15, 0.2) is 24.3 Å². The normalized spacial score (nSPS) is 9.79. The Kier molecular flexibility index (Phi) is 6.02. The highest BCUT2D eigenvalue weighted by atomic mass is 35.5. The maximum atomic E-state index is 11.7. The smallest absolute Gasteiger partial charge is 0.305 e. The standard InChI is InChI=1S/C13H14ClNO4/c1-19-12(17)7-6-9(16)8-15-13(18)10-4-2-3-5-11(10)14/h2-5H,6-8H2,1H3,(H,15,18). The molecule has 0 spiro atoms. The number of methoxy groups -OCH3 is 1. The fourth-order valence-corrected chi connectivity index (χ4v) is 1.57. The van der Waals surface area contributed by atoms with E-state index in [0.29, 0.717) is 10.6 Å². The van der Waals surface area contributed by atoms with Gasteiger partial charge in [-0.1, -0.05) is 23.7 Å². The molecule has 1 rings (SSSR count). The van der Waals surface area contributed by atoms with Gasteiger partial charge in [-0.05, 0) is 12.1 Å². The van der Waals surface area contributed by atoms with Gasteiger partial charge < -0.3 is 10.1 Å². The van der Waals surface area contributed by atoms with E-state index in [2.05, 4.69) is 10.1 Å². The van der Waals surface area contributed by atoms with Crippen LogP contribution in [0.1, 0.15) is 23.2 Å². The molecule has 5 nitrogen and oxygen atoms in total. The Hall–Kier alpha value is -1.88. The summed E-state index contributed by atoms with van der Waals surface area (Å²) < 4.78 is 4.42. The lowest BCUT2D eigenvalue weighted by atomic mass is 10.2. The van der Waals surface area contributed by atoms with E-state index in [0.717, 1.165) is 0 Å². The van der Waals surface area contributed by atoms with Crippen LogP contribution < -0.4 is 5.32 Å². The van der Waals surface area contributed by atoms with Crippen molar-refractivity contribution in [2.45, 2.75) is 12.8 Å². The molecule has 0 radical (unpaired) electrons. The first-order valence-electron chi connectivity index (χ1n) is 5.66. The molecular weight excluding hydrogens is 270 g/mol. The number of nitrogens with one attached hydrogen (secondary N) is 1. The van der Waals surface area contributed by atoms with Crippen LogP contribution in [0.5, 0.6) is 0 Å². The van der Waals surface area contributed by atoms with Crippen molar-refractivity contribution in [2.24, 2.45) is 0 Å². The minimum Gasteiger partial charge on any atom is -0.469 e. The highest BCUT2D eigenvalue weighted by Gasteiger charge is 2.12. The summed E-state index contributed by atoms with van der Waals surface area (Å²) in [4.78, 5) is 34.0. The number of carbonyl (C=O) groups is 3. The summed E-state index contributed by atoms with van der Waals surface area (Å²) in [5.74, 6) is -1.12. The second kappa shape index (κ2) is 7.53. The number of ketones is 1. The highest BCUT2D eigenvalue weighted by molar-refractivity contribution is 6.33. The van der Waals surface area contributed by atoms with E-state index < -0.39 is 11.9 Å². The van der Waals surface area contributed by atoms with Crippen molar-refractivity contribution in [1.82, 2.24) is 5.32 Å². The molecule has 1 aromatic carbocycles.